The molecule has 0 saturated carbocycles. The summed E-state index contributed by atoms with van der Waals surface area (Å²) in [4.78, 5) is 17.7. The van der Waals surface area contributed by atoms with Gasteiger partial charge in [-0.1, -0.05) is 29.8 Å². The Labute approximate surface area is 109 Å². The van der Waals surface area contributed by atoms with Crippen LogP contribution >= 0.6 is 11.6 Å². The van der Waals surface area contributed by atoms with Gasteiger partial charge in [0.2, 0.25) is 0 Å². The van der Waals surface area contributed by atoms with E-state index in [1.165, 1.54) is 6.33 Å². The molecular weight excluding hydrogens is 252 g/mol. The van der Waals surface area contributed by atoms with E-state index >= 15 is 0 Å². The van der Waals surface area contributed by atoms with Gasteiger partial charge in [-0.25, -0.2) is 4.98 Å². The van der Waals surface area contributed by atoms with Crippen molar-refractivity contribution in [2.45, 2.75) is 13.0 Å². The number of rotatable bonds is 3. The zero-order valence-corrected chi connectivity index (χ0v) is 10.5. The Balaban J connectivity index is 2.27. The minimum Gasteiger partial charge on any atom is -0.391 e. The third-order valence-corrected chi connectivity index (χ3v) is 2.96. The molecule has 1 aromatic carbocycles. The van der Waals surface area contributed by atoms with Gasteiger partial charge in [0.25, 0.3) is 5.56 Å². The Morgan fingerprint density at radius 1 is 1.44 bits per heavy atom. The molecule has 0 radical (unpaired) electrons. The summed E-state index contributed by atoms with van der Waals surface area (Å²) in [5, 5.41) is 3.72. The SMILES string of the molecule is CC(Nc1nc[nH]c(=O)c1N)c1ccccc1Cl. The number of nitrogens with zero attached hydrogens (tertiary/aromatic N) is 1. The van der Waals surface area contributed by atoms with Crippen molar-refractivity contribution in [3.05, 3.63) is 51.5 Å². The molecule has 1 heterocycles. The highest BCUT2D eigenvalue weighted by Gasteiger charge is 2.12. The van der Waals surface area contributed by atoms with Crippen molar-refractivity contribution < 1.29 is 0 Å². The van der Waals surface area contributed by atoms with Crippen LogP contribution in [0.15, 0.2) is 35.4 Å². The fourth-order valence-corrected chi connectivity index (χ4v) is 1.93. The lowest BCUT2D eigenvalue weighted by Gasteiger charge is -2.16. The van der Waals surface area contributed by atoms with Gasteiger partial charge in [0, 0.05) is 5.02 Å². The maximum Gasteiger partial charge on any atom is 0.276 e. The quantitative estimate of drug-likeness (QED) is 0.793. The van der Waals surface area contributed by atoms with Crippen LogP contribution in [0.2, 0.25) is 5.02 Å². The summed E-state index contributed by atoms with van der Waals surface area (Å²) < 4.78 is 0. The van der Waals surface area contributed by atoms with Crippen molar-refractivity contribution in [1.82, 2.24) is 9.97 Å². The number of H-pyrrole nitrogens is 1. The molecule has 1 aromatic heterocycles. The second-order valence-electron chi connectivity index (χ2n) is 3.88. The molecule has 6 heteroatoms. The largest absolute Gasteiger partial charge is 0.391 e. The summed E-state index contributed by atoms with van der Waals surface area (Å²) in [7, 11) is 0. The number of hydrogen-bond acceptors (Lipinski definition) is 4. The van der Waals surface area contributed by atoms with Gasteiger partial charge in [0.1, 0.15) is 5.69 Å². The molecule has 2 rings (SSSR count). The molecule has 0 amide bonds. The lowest BCUT2D eigenvalue weighted by atomic mass is 10.1. The van der Waals surface area contributed by atoms with Gasteiger partial charge in [-0.3, -0.25) is 4.79 Å². The molecule has 0 aliphatic heterocycles. The molecule has 1 atom stereocenters. The molecule has 5 nitrogen and oxygen atoms in total. The van der Waals surface area contributed by atoms with Gasteiger partial charge in [0.05, 0.1) is 12.4 Å². The second kappa shape index (κ2) is 5.10. The van der Waals surface area contributed by atoms with E-state index in [1.807, 2.05) is 31.2 Å². The first-order valence-electron chi connectivity index (χ1n) is 5.43. The maximum absolute atomic E-state index is 11.3. The van der Waals surface area contributed by atoms with Crippen molar-refractivity contribution in [3.63, 3.8) is 0 Å². The molecular formula is C12H13ClN4O. The molecule has 94 valence electrons. The summed E-state index contributed by atoms with van der Waals surface area (Å²) in [6, 6.07) is 7.37. The van der Waals surface area contributed by atoms with Gasteiger partial charge >= 0.3 is 0 Å². The van der Waals surface area contributed by atoms with E-state index in [2.05, 4.69) is 15.3 Å². The van der Waals surface area contributed by atoms with Crippen LogP contribution in [0.3, 0.4) is 0 Å². The molecule has 18 heavy (non-hydrogen) atoms. The zero-order chi connectivity index (χ0) is 13.1. The highest BCUT2D eigenvalue weighted by Crippen LogP contribution is 2.25. The number of anilines is 2. The molecule has 0 spiro atoms. The number of nitrogen functional groups attached to an aromatic ring is 1. The van der Waals surface area contributed by atoms with E-state index in [-0.39, 0.29) is 17.3 Å². The van der Waals surface area contributed by atoms with Crippen LogP contribution in [0.1, 0.15) is 18.5 Å². The zero-order valence-electron chi connectivity index (χ0n) is 9.77. The normalized spacial score (nSPS) is 12.1. The first kappa shape index (κ1) is 12.4. The van der Waals surface area contributed by atoms with Gasteiger partial charge < -0.3 is 16.0 Å². The number of benzene rings is 1. The Morgan fingerprint density at radius 3 is 2.89 bits per heavy atom. The predicted molar refractivity (Wildman–Crippen MR) is 72.8 cm³/mol. The fourth-order valence-electron chi connectivity index (χ4n) is 1.63. The highest BCUT2D eigenvalue weighted by molar-refractivity contribution is 6.31. The highest BCUT2D eigenvalue weighted by atomic mass is 35.5. The summed E-state index contributed by atoms with van der Waals surface area (Å²) in [6.07, 6.45) is 1.31. The van der Waals surface area contributed by atoms with E-state index in [9.17, 15) is 4.79 Å². The second-order valence-corrected chi connectivity index (χ2v) is 4.29. The molecule has 2 aromatic rings. The summed E-state index contributed by atoms with van der Waals surface area (Å²) in [5.41, 5.74) is 6.27. The maximum atomic E-state index is 11.3. The first-order valence-corrected chi connectivity index (χ1v) is 5.81. The molecule has 1 unspecified atom stereocenters. The van der Waals surface area contributed by atoms with Crippen LogP contribution in [-0.4, -0.2) is 9.97 Å². The smallest absolute Gasteiger partial charge is 0.276 e. The van der Waals surface area contributed by atoms with Crippen molar-refractivity contribution >= 4 is 23.1 Å². The van der Waals surface area contributed by atoms with Crippen LogP contribution in [-0.2, 0) is 0 Å². The lowest BCUT2D eigenvalue weighted by Crippen LogP contribution is -2.18. The number of nitrogens with two attached hydrogens (primary N) is 1. The Hall–Kier alpha value is -2.01. The molecule has 0 saturated heterocycles. The lowest BCUT2D eigenvalue weighted by molar-refractivity contribution is 0.872. The Kier molecular flexibility index (Phi) is 3.53. The fraction of sp³-hybridized carbons (Fsp3) is 0.167. The third-order valence-electron chi connectivity index (χ3n) is 2.61. The van der Waals surface area contributed by atoms with Crippen molar-refractivity contribution in [1.29, 1.82) is 0 Å². The van der Waals surface area contributed by atoms with Crippen LogP contribution in [0.4, 0.5) is 11.5 Å². The van der Waals surface area contributed by atoms with Crippen molar-refractivity contribution in [2.75, 3.05) is 11.1 Å². The van der Waals surface area contributed by atoms with Crippen LogP contribution in [0, 0.1) is 0 Å². The van der Waals surface area contributed by atoms with Crippen LogP contribution in [0.25, 0.3) is 0 Å². The van der Waals surface area contributed by atoms with E-state index < -0.39 is 0 Å². The summed E-state index contributed by atoms with van der Waals surface area (Å²) >= 11 is 6.10. The van der Waals surface area contributed by atoms with Crippen molar-refractivity contribution in [3.8, 4) is 0 Å². The van der Waals surface area contributed by atoms with Gasteiger partial charge in [-0.2, -0.15) is 0 Å². The number of hydrogen-bond donors (Lipinski definition) is 3. The molecule has 0 fully saturated rings. The first-order chi connectivity index (χ1) is 8.59. The average Bonchev–Trinajstić information content (AvgIpc) is 2.35. The summed E-state index contributed by atoms with van der Waals surface area (Å²) in [5.74, 6) is 0.353. The van der Waals surface area contributed by atoms with Crippen molar-refractivity contribution in [2.24, 2.45) is 0 Å². The molecule has 0 aliphatic carbocycles. The number of halogens is 1. The minimum absolute atomic E-state index is 0.0661. The van der Waals surface area contributed by atoms with E-state index in [0.717, 1.165) is 5.56 Å². The molecule has 0 bridgehead atoms. The number of aromatic nitrogens is 2. The van der Waals surface area contributed by atoms with Gasteiger partial charge in [-0.05, 0) is 18.6 Å². The van der Waals surface area contributed by atoms with Crippen LogP contribution < -0.4 is 16.6 Å². The van der Waals surface area contributed by atoms with E-state index in [1.54, 1.807) is 0 Å². The standard InChI is InChI=1S/C12H13ClN4O/c1-7(8-4-2-3-5-9(8)13)17-11-10(14)12(18)16-6-15-11/h2-7H,14H2,1H3,(H2,15,16,17,18). The minimum atomic E-state index is -0.362. The molecule has 4 N–H and O–H groups in total. The Bertz CT molecular complexity index is 611. The van der Waals surface area contributed by atoms with E-state index in [0.29, 0.717) is 10.8 Å². The predicted octanol–water partition coefficient (Wildman–Crippen LogP) is 2.18. The van der Waals surface area contributed by atoms with E-state index in [4.69, 9.17) is 17.3 Å². The van der Waals surface area contributed by atoms with Gasteiger partial charge in [0.15, 0.2) is 5.82 Å². The average molecular weight is 265 g/mol. The number of aromatic amines is 1. The summed E-state index contributed by atoms with van der Waals surface area (Å²) in [6.45, 7) is 1.92. The topological polar surface area (TPSA) is 83.8 Å². The monoisotopic (exact) mass is 264 g/mol. The number of nitrogens with one attached hydrogen (secondary N) is 2. The Morgan fingerprint density at radius 2 is 2.17 bits per heavy atom. The molecule has 0 aliphatic rings. The van der Waals surface area contributed by atoms with Gasteiger partial charge in [-0.15, -0.1) is 0 Å². The third kappa shape index (κ3) is 2.46. The van der Waals surface area contributed by atoms with Crippen LogP contribution in [0.5, 0.6) is 0 Å².